The maximum Gasteiger partial charge on any atom is 0.283 e. The van der Waals surface area contributed by atoms with Crippen LogP contribution in [0.1, 0.15) is 30.5 Å². The van der Waals surface area contributed by atoms with Crippen molar-refractivity contribution in [3.63, 3.8) is 0 Å². The molecule has 0 aliphatic carbocycles. The highest BCUT2D eigenvalue weighted by Gasteiger charge is 2.34. The van der Waals surface area contributed by atoms with Gasteiger partial charge in [0.2, 0.25) is 5.17 Å². The average Bonchev–Trinajstić information content (AvgIpc) is 3.17. The fourth-order valence-corrected chi connectivity index (χ4v) is 4.31. The molecule has 0 bridgehead atoms. The summed E-state index contributed by atoms with van der Waals surface area (Å²) in [4.78, 5) is 16.6. The summed E-state index contributed by atoms with van der Waals surface area (Å²) in [5.41, 5.74) is 3.03. The van der Waals surface area contributed by atoms with Crippen LogP contribution in [0.15, 0.2) is 52.1 Å². The molecule has 176 valence electrons. The molecule has 0 atom stereocenters. The zero-order valence-electron chi connectivity index (χ0n) is 19.5. The number of aryl methyl sites for hydroxylation is 2. The van der Waals surface area contributed by atoms with Gasteiger partial charge in [0.25, 0.3) is 5.91 Å². The fraction of sp³-hybridized carbons (Fsp3) is 0.280. The predicted octanol–water partition coefficient (Wildman–Crippen LogP) is 4.80. The van der Waals surface area contributed by atoms with E-state index in [1.165, 1.54) is 16.8 Å². The van der Waals surface area contributed by atoms with Crippen molar-refractivity contribution in [2.45, 2.75) is 27.7 Å². The number of para-hydroxylation sites is 1. The summed E-state index contributed by atoms with van der Waals surface area (Å²) in [5, 5.41) is 15.2. The third-order valence-electron chi connectivity index (χ3n) is 5.13. The molecule has 2 heterocycles. The summed E-state index contributed by atoms with van der Waals surface area (Å²) in [5.74, 6) is 1.54. The number of carbonyl (C=O) groups is 1. The van der Waals surface area contributed by atoms with Gasteiger partial charge in [-0.2, -0.15) is 15.1 Å². The van der Waals surface area contributed by atoms with E-state index in [-0.39, 0.29) is 11.4 Å². The normalized spacial score (nSPS) is 16.4. The summed E-state index contributed by atoms with van der Waals surface area (Å²) >= 11 is 1.28. The first kappa shape index (κ1) is 23.6. The lowest BCUT2D eigenvalue weighted by molar-refractivity contribution is -0.114. The first-order valence-corrected chi connectivity index (χ1v) is 11.7. The monoisotopic (exact) mass is 478 g/mol. The lowest BCUT2D eigenvalue weighted by Crippen LogP contribution is -2.35. The fourth-order valence-electron chi connectivity index (χ4n) is 3.58. The molecule has 34 heavy (non-hydrogen) atoms. The number of hydrazone groups is 1. The number of nitrogens with zero attached hydrogens (tertiary/aromatic N) is 3. The minimum absolute atomic E-state index is 0.00119. The van der Waals surface area contributed by atoms with Crippen LogP contribution in [0.5, 0.6) is 17.2 Å². The quantitative estimate of drug-likeness (QED) is 0.432. The molecular weight excluding hydrogens is 452 g/mol. The van der Waals surface area contributed by atoms with Crippen LogP contribution in [0.2, 0.25) is 0 Å². The predicted molar refractivity (Wildman–Crippen MR) is 135 cm³/mol. The Labute approximate surface area is 202 Å². The van der Waals surface area contributed by atoms with Crippen LogP contribution < -0.4 is 14.2 Å². The molecule has 2 aliphatic rings. The van der Waals surface area contributed by atoms with E-state index in [4.69, 9.17) is 19.6 Å². The van der Waals surface area contributed by atoms with Gasteiger partial charge in [0.1, 0.15) is 19.0 Å². The molecule has 2 aromatic rings. The second-order valence-electron chi connectivity index (χ2n) is 7.70. The van der Waals surface area contributed by atoms with Gasteiger partial charge < -0.3 is 14.2 Å². The van der Waals surface area contributed by atoms with E-state index >= 15 is 0 Å². The Morgan fingerprint density at radius 3 is 2.50 bits per heavy atom. The number of fused-ring (bicyclic) bond motifs is 1. The molecule has 0 aromatic heterocycles. The van der Waals surface area contributed by atoms with Gasteiger partial charge in [-0.1, -0.05) is 24.3 Å². The van der Waals surface area contributed by atoms with Gasteiger partial charge in [0, 0.05) is 0 Å². The van der Waals surface area contributed by atoms with E-state index in [1.807, 2.05) is 52.0 Å². The molecule has 0 radical (unpaired) electrons. The highest BCUT2D eigenvalue weighted by molar-refractivity contribution is 8.26. The van der Waals surface area contributed by atoms with Crippen LogP contribution in [-0.2, 0) is 4.79 Å². The summed E-state index contributed by atoms with van der Waals surface area (Å²) in [6, 6.07) is 11.4. The second-order valence-corrected chi connectivity index (χ2v) is 8.86. The zero-order valence-corrected chi connectivity index (χ0v) is 20.4. The van der Waals surface area contributed by atoms with Crippen molar-refractivity contribution in [1.82, 2.24) is 5.01 Å². The summed E-state index contributed by atoms with van der Waals surface area (Å²) in [7, 11) is 0. The summed E-state index contributed by atoms with van der Waals surface area (Å²) in [6.45, 7) is 8.93. The van der Waals surface area contributed by atoms with Gasteiger partial charge in [-0.05, 0) is 74.4 Å². The number of hydrogen-bond donors (Lipinski definition) is 1. The highest BCUT2D eigenvalue weighted by Crippen LogP contribution is 2.32. The molecule has 2 aliphatic heterocycles. The van der Waals surface area contributed by atoms with Crippen LogP contribution >= 0.6 is 11.8 Å². The number of thioether (sulfide) groups is 1. The van der Waals surface area contributed by atoms with Crippen molar-refractivity contribution < 1.29 is 19.0 Å². The molecule has 0 spiro atoms. The van der Waals surface area contributed by atoms with Gasteiger partial charge in [0.15, 0.2) is 17.3 Å². The molecule has 0 fully saturated rings. The average molecular weight is 479 g/mol. The molecule has 2 aromatic carbocycles. The van der Waals surface area contributed by atoms with Crippen molar-refractivity contribution in [2.75, 3.05) is 19.8 Å². The molecule has 0 unspecified atom stereocenters. The van der Waals surface area contributed by atoms with Crippen LogP contribution in [0.4, 0.5) is 0 Å². The largest absolute Gasteiger partial charge is 0.490 e. The standard InChI is InChI=1S/C25H26N4O4S/c1-5-31-21-14-18(13-19-23(26)29-25(27-24(19)30)34-17(4)28-29)9-10-20(21)32-11-12-33-22-15(2)7-6-8-16(22)3/h6-10,13-14,26H,5,11-12H2,1-4H3/b19-13+,26-23?. The number of rotatable bonds is 8. The molecule has 0 saturated heterocycles. The van der Waals surface area contributed by atoms with Gasteiger partial charge in [-0.15, -0.1) is 0 Å². The Hall–Kier alpha value is -3.59. The van der Waals surface area contributed by atoms with E-state index in [0.717, 1.165) is 21.9 Å². The van der Waals surface area contributed by atoms with E-state index in [1.54, 1.807) is 18.2 Å². The Morgan fingerprint density at radius 1 is 1.03 bits per heavy atom. The van der Waals surface area contributed by atoms with E-state index in [9.17, 15) is 4.79 Å². The maximum atomic E-state index is 12.5. The second kappa shape index (κ2) is 10.1. The summed E-state index contributed by atoms with van der Waals surface area (Å²) in [6.07, 6.45) is 1.62. The number of carbonyl (C=O) groups excluding carboxylic acids is 1. The van der Waals surface area contributed by atoms with Gasteiger partial charge in [-0.3, -0.25) is 10.2 Å². The van der Waals surface area contributed by atoms with Crippen molar-refractivity contribution in [2.24, 2.45) is 10.1 Å². The topological polar surface area (TPSA) is 96.6 Å². The summed E-state index contributed by atoms with van der Waals surface area (Å²) < 4.78 is 17.6. The zero-order chi connectivity index (χ0) is 24.2. The van der Waals surface area contributed by atoms with Gasteiger partial charge in [0.05, 0.1) is 17.2 Å². The third kappa shape index (κ3) is 4.99. The van der Waals surface area contributed by atoms with Crippen LogP contribution in [0.3, 0.4) is 0 Å². The van der Waals surface area contributed by atoms with E-state index in [0.29, 0.717) is 42.1 Å². The molecule has 9 heteroatoms. The van der Waals surface area contributed by atoms with Crippen LogP contribution in [0.25, 0.3) is 6.08 Å². The first-order chi connectivity index (χ1) is 16.4. The number of aliphatic imine (C=N–C) groups is 1. The lowest BCUT2D eigenvalue weighted by atomic mass is 10.1. The number of nitrogens with one attached hydrogen (secondary N) is 1. The number of amidine groups is 2. The number of hydrogen-bond acceptors (Lipinski definition) is 7. The smallest absolute Gasteiger partial charge is 0.283 e. The van der Waals surface area contributed by atoms with Crippen molar-refractivity contribution in [3.05, 3.63) is 58.7 Å². The lowest BCUT2D eigenvalue weighted by Gasteiger charge is -2.20. The Bertz CT molecular complexity index is 1220. The number of amides is 1. The molecule has 4 rings (SSSR count). The molecule has 1 amide bonds. The maximum absolute atomic E-state index is 12.5. The van der Waals surface area contributed by atoms with Crippen LogP contribution in [-0.4, -0.2) is 46.8 Å². The van der Waals surface area contributed by atoms with Gasteiger partial charge in [-0.25, -0.2) is 0 Å². The minimum atomic E-state index is -0.462. The molecular formula is C25H26N4O4S. The van der Waals surface area contributed by atoms with E-state index < -0.39 is 5.91 Å². The molecule has 0 saturated carbocycles. The number of ether oxygens (including phenoxy) is 3. The molecule has 1 N–H and O–H groups in total. The first-order valence-electron chi connectivity index (χ1n) is 10.9. The minimum Gasteiger partial charge on any atom is -0.490 e. The van der Waals surface area contributed by atoms with Crippen LogP contribution in [0, 0.1) is 19.3 Å². The Kier molecular flexibility index (Phi) is 7.02. The SMILES string of the molecule is CCOc1cc(/C=C2\C(=N)N3N=C(C)SC3=NC2=O)ccc1OCCOc1c(C)cccc1C. The Morgan fingerprint density at radius 2 is 1.76 bits per heavy atom. The van der Waals surface area contributed by atoms with E-state index in [2.05, 4.69) is 10.1 Å². The Balaban J connectivity index is 1.47. The van der Waals surface area contributed by atoms with Gasteiger partial charge >= 0.3 is 0 Å². The van der Waals surface area contributed by atoms with Crippen molar-refractivity contribution in [3.8, 4) is 17.2 Å². The van der Waals surface area contributed by atoms with Crippen molar-refractivity contribution in [1.29, 1.82) is 5.41 Å². The number of benzene rings is 2. The van der Waals surface area contributed by atoms with Crippen molar-refractivity contribution >= 4 is 39.8 Å². The highest BCUT2D eigenvalue weighted by atomic mass is 32.2. The third-order valence-corrected chi connectivity index (χ3v) is 5.95. The molecule has 8 nitrogen and oxygen atoms in total.